The molecule has 2 rings (SSSR count). The number of rotatable bonds is 4. The van der Waals surface area contributed by atoms with Crippen molar-refractivity contribution in [3.05, 3.63) is 29.3 Å². The zero-order chi connectivity index (χ0) is 10.9. The molecule has 1 aliphatic carbocycles. The summed E-state index contributed by atoms with van der Waals surface area (Å²) in [4.78, 5) is 0. The van der Waals surface area contributed by atoms with Crippen LogP contribution in [-0.2, 0) is 5.41 Å². The summed E-state index contributed by atoms with van der Waals surface area (Å²) in [5.41, 5.74) is 8.66. The molecule has 0 heterocycles. The summed E-state index contributed by atoms with van der Waals surface area (Å²) in [6.07, 6.45) is 3.58. The maximum absolute atomic E-state index is 5.68. The summed E-state index contributed by atoms with van der Waals surface area (Å²) < 4.78 is 5.43. The molecule has 1 saturated carbocycles. The van der Waals surface area contributed by atoms with Crippen LogP contribution in [0.3, 0.4) is 0 Å². The monoisotopic (exact) mass is 205 g/mol. The molecule has 2 nitrogen and oxygen atoms in total. The summed E-state index contributed by atoms with van der Waals surface area (Å²) >= 11 is 0. The molecule has 0 amide bonds. The number of hydrogen-bond donors (Lipinski definition) is 1. The smallest absolute Gasteiger partial charge is 0.122 e. The second-order valence-corrected chi connectivity index (χ2v) is 4.52. The average Bonchev–Trinajstić information content (AvgIpc) is 2.99. The molecule has 1 aromatic carbocycles. The van der Waals surface area contributed by atoms with E-state index >= 15 is 0 Å². The summed E-state index contributed by atoms with van der Waals surface area (Å²) in [5, 5.41) is 0. The Kier molecular flexibility index (Phi) is 2.70. The third-order valence-corrected chi connectivity index (χ3v) is 3.40. The Labute approximate surface area is 91.4 Å². The molecule has 1 aliphatic rings. The Morgan fingerprint density at radius 2 is 2.13 bits per heavy atom. The quantitative estimate of drug-likeness (QED) is 0.819. The van der Waals surface area contributed by atoms with E-state index in [-0.39, 0.29) is 0 Å². The Morgan fingerprint density at radius 3 is 2.67 bits per heavy atom. The van der Waals surface area contributed by atoms with Crippen LogP contribution in [0, 0.1) is 6.92 Å². The minimum absolute atomic E-state index is 0.326. The second kappa shape index (κ2) is 3.86. The molecule has 0 radical (unpaired) electrons. The van der Waals surface area contributed by atoms with Gasteiger partial charge in [0.05, 0.1) is 7.11 Å². The van der Waals surface area contributed by atoms with Crippen molar-refractivity contribution in [1.29, 1.82) is 0 Å². The Morgan fingerprint density at radius 1 is 1.40 bits per heavy atom. The van der Waals surface area contributed by atoms with Crippen molar-refractivity contribution >= 4 is 0 Å². The molecule has 2 heteroatoms. The van der Waals surface area contributed by atoms with E-state index in [0.29, 0.717) is 5.41 Å². The van der Waals surface area contributed by atoms with E-state index in [1.54, 1.807) is 7.11 Å². The van der Waals surface area contributed by atoms with Crippen LogP contribution >= 0.6 is 0 Å². The summed E-state index contributed by atoms with van der Waals surface area (Å²) in [6.45, 7) is 2.89. The highest BCUT2D eigenvalue weighted by Gasteiger charge is 2.45. The first-order valence-corrected chi connectivity index (χ1v) is 5.57. The molecule has 0 aliphatic heterocycles. The van der Waals surface area contributed by atoms with E-state index in [0.717, 1.165) is 18.7 Å². The van der Waals surface area contributed by atoms with Crippen molar-refractivity contribution in [3.8, 4) is 5.75 Å². The first-order valence-electron chi connectivity index (χ1n) is 5.57. The van der Waals surface area contributed by atoms with Crippen molar-refractivity contribution in [2.45, 2.75) is 31.6 Å². The van der Waals surface area contributed by atoms with Crippen LogP contribution < -0.4 is 10.5 Å². The van der Waals surface area contributed by atoms with E-state index in [2.05, 4.69) is 25.1 Å². The van der Waals surface area contributed by atoms with Crippen LogP contribution in [0.4, 0.5) is 0 Å². The lowest BCUT2D eigenvalue weighted by Gasteiger charge is -2.18. The number of hydrogen-bond acceptors (Lipinski definition) is 2. The minimum Gasteiger partial charge on any atom is -0.496 e. The van der Waals surface area contributed by atoms with Crippen LogP contribution in [0.15, 0.2) is 18.2 Å². The Bertz CT molecular complexity index is 356. The molecular weight excluding hydrogens is 186 g/mol. The number of ether oxygens (including phenoxy) is 1. The number of benzene rings is 1. The highest BCUT2D eigenvalue weighted by atomic mass is 16.5. The summed E-state index contributed by atoms with van der Waals surface area (Å²) in [7, 11) is 1.74. The maximum atomic E-state index is 5.68. The van der Waals surface area contributed by atoms with Gasteiger partial charge in [0.1, 0.15) is 5.75 Å². The molecule has 0 bridgehead atoms. The summed E-state index contributed by atoms with van der Waals surface area (Å²) in [6, 6.07) is 6.42. The van der Waals surface area contributed by atoms with Gasteiger partial charge in [-0.2, -0.15) is 0 Å². The van der Waals surface area contributed by atoms with E-state index in [1.807, 2.05) is 0 Å². The van der Waals surface area contributed by atoms with Crippen LogP contribution in [-0.4, -0.2) is 13.7 Å². The van der Waals surface area contributed by atoms with Gasteiger partial charge in [-0.1, -0.05) is 17.7 Å². The zero-order valence-corrected chi connectivity index (χ0v) is 9.55. The Balaban J connectivity index is 2.37. The molecule has 0 aromatic heterocycles. The van der Waals surface area contributed by atoms with Crippen molar-refractivity contribution in [1.82, 2.24) is 0 Å². The van der Waals surface area contributed by atoms with Crippen molar-refractivity contribution in [3.63, 3.8) is 0 Å². The average molecular weight is 205 g/mol. The van der Waals surface area contributed by atoms with Gasteiger partial charge >= 0.3 is 0 Å². The minimum atomic E-state index is 0.326. The SMILES string of the molecule is COc1ccc(C)cc1C1(CCN)CC1. The molecule has 0 atom stereocenters. The van der Waals surface area contributed by atoms with E-state index in [1.165, 1.54) is 24.0 Å². The van der Waals surface area contributed by atoms with Gasteiger partial charge in [0.15, 0.2) is 0 Å². The fourth-order valence-corrected chi connectivity index (χ4v) is 2.32. The van der Waals surface area contributed by atoms with Gasteiger partial charge in [-0.3, -0.25) is 0 Å². The molecular formula is C13H19NO. The fraction of sp³-hybridized carbons (Fsp3) is 0.538. The lowest BCUT2D eigenvalue weighted by atomic mass is 9.90. The number of aryl methyl sites for hydroxylation is 1. The van der Waals surface area contributed by atoms with Crippen LogP contribution in [0.2, 0.25) is 0 Å². The van der Waals surface area contributed by atoms with Gasteiger partial charge in [0.2, 0.25) is 0 Å². The predicted molar refractivity (Wildman–Crippen MR) is 62.3 cm³/mol. The van der Waals surface area contributed by atoms with Crippen molar-refractivity contribution in [2.24, 2.45) is 5.73 Å². The van der Waals surface area contributed by atoms with E-state index < -0.39 is 0 Å². The maximum Gasteiger partial charge on any atom is 0.122 e. The zero-order valence-electron chi connectivity index (χ0n) is 9.55. The molecule has 0 unspecified atom stereocenters. The number of methoxy groups -OCH3 is 1. The first-order chi connectivity index (χ1) is 7.22. The lowest BCUT2D eigenvalue weighted by Crippen LogP contribution is -2.14. The van der Waals surface area contributed by atoms with E-state index in [4.69, 9.17) is 10.5 Å². The molecule has 1 aromatic rings. The van der Waals surface area contributed by atoms with Gasteiger partial charge in [-0.15, -0.1) is 0 Å². The number of nitrogens with two attached hydrogens (primary N) is 1. The van der Waals surface area contributed by atoms with Gasteiger partial charge in [0, 0.05) is 11.0 Å². The van der Waals surface area contributed by atoms with Crippen molar-refractivity contribution < 1.29 is 4.74 Å². The fourth-order valence-electron chi connectivity index (χ4n) is 2.32. The molecule has 2 N–H and O–H groups in total. The predicted octanol–water partition coefficient (Wildman–Crippen LogP) is 2.38. The van der Waals surface area contributed by atoms with Crippen LogP contribution in [0.25, 0.3) is 0 Å². The van der Waals surface area contributed by atoms with Gasteiger partial charge < -0.3 is 10.5 Å². The normalized spacial score (nSPS) is 17.5. The van der Waals surface area contributed by atoms with E-state index in [9.17, 15) is 0 Å². The topological polar surface area (TPSA) is 35.2 Å². The lowest BCUT2D eigenvalue weighted by molar-refractivity contribution is 0.402. The van der Waals surface area contributed by atoms with Gasteiger partial charge in [-0.05, 0) is 38.8 Å². The standard InChI is InChI=1S/C13H19NO/c1-10-3-4-12(15-2)11(9-10)13(5-6-13)7-8-14/h3-4,9H,5-8,14H2,1-2H3. The third kappa shape index (κ3) is 1.86. The molecule has 15 heavy (non-hydrogen) atoms. The summed E-state index contributed by atoms with van der Waals surface area (Å²) in [5.74, 6) is 1.02. The Hall–Kier alpha value is -1.02. The molecule has 0 saturated heterocycles. The molecule has 82 valence electrons. The highest BCUT2D eigenvalue weighted by Crippen LogP contribution is 2.53. The largest absolute Gasteiger partial charge is 0.496 e. The third-order valence-electron chi connectivity index (χ3n) is 3.40. The molecule has 0 spiro atoms. The van der Waals surface area contributed by atoms with Gasteiger partial charge in [-0.25, -0.2) is 0 Å². The van der Waals surface area contributed by atoms with Crippen LogP contribution in [0.1, 0.15) is 30.4 Å². The van der Waals surface area contributed by atoms with Crippen LogP contribution in [0.5, 0.6) is 5.75 Å². The van der Waals surface area contributed by atoms with Gasteiger partial charge in [0.25, 0.3) is 0 Å². The first kappa shape index (κ1) is 10.5. The molecule has 1 fully saturated rings. The second-order valence-electron chi connectivity index (χ2n) is 4.52. The van der Waals surface area contributed by atoms with Crippen molar-refractivity contribution in [2.75, 3.05) is 13.7 Å². The highest BCUT2D eigenvalue weighted by molar-refractivity contribution is 5.45.